The number of hydrogen-bond donors (Lipinski definition) is 1. The first kappa shape index (κ1) is 17.5. The lowest BCUT2D eigenvalue weighted by Gasteiger charge is -2.18. The van der Waals surface area contributed by atoms with Crippen LogP contribution in [0.25, 0.3) is 0 Å². The highest BCUT2D eigenvalue weighted by Crippen LogP contribution is 2.28. The van der Waals surface area contributed by atoms with Gasteiger partial charge in [-0.3, -0.25) is 4.79 Å². The lowest BCUT2D eigenvalue weighted by Crippen LogP contribution is -2.30. The molecule has 0 fully saturated rings. The number of carbonyl (C=O) groups excluding carboxylic acids is 1. The average Bonchev–Trinajstić information content (AvgIpc) is 2.46. The number of halogens is 1. The van der Waals surface area contributed by atoms with Crippen molar-refractivity contribution in [3.05, 3.63) is 57.1 Å². The molecule has 0 heterocycles. The van der Waals surface area contributed by atoms with E-state index in [4.69, 9.17) is 4.74 Å². The molecule has 0 aromatic heterocycles. The quantitative estimate of drug-likeness (QED) is 0.807. The number of hydrogen-bond acceptors (Lipinski definition) is 2. The summed E-state index contributed by atoms with van der Waals surface area (Å²) in [5, 5.41) is 2.91. The lowest BCUT2D eigenvalue weighted by atomic mass is 10.1. The Morgan fingerprint density at radius 1 is 1.00 bits per heavy atom. The highest BCUT2D eigenvalue weighted by Gasteiger charge is 2.17. The molecule has 3 nitrogen and oxygen atoms in total. The number of rotatable bonds is 4. The van der Waals surface area contributed by atoms with Gasteiger partial charge in [-0.1, -0.05) is 22.0 Å². The van der Waals surface area contributed by atoms with E-state index in [0.717, 1.165) is 32.6 Å². The summed E-state index contributed by atoms with van der Waals surface area (Å²) in [6.45, 7) is 9.78. The molecule has 1 atom stereocenters. The topological polar surface area (TPSA) is 38.3 Å². The van der Waals surface area contributed by atoms with Gasteiger partial charge < -0.3 is 10.1 Å². The minimum absolute atomic E-state index is 0.157. The number of amides is 1. The fourth-order valence-corrected chi connectivity index (χ4v) is 3.06. The SMILES string of the molecule is Cc1ccc(NC(=O)C(C)Oc2c(C)cc(Br)cc2C)cc1C. The third-order valence-electron chi connectivity index (χ3n) is 3.86. The molecule has 0 bridgehead atoms. The summed E-state index contributed by atoms with van der Waals surface area (Å²) in [5.74, 6) is 0.603. The van der Waals surface area contributed by atoms with E-state index in [1.54, 1.807) is 6.92 Å². The smallest absolute Gasteiger partial charge is 0.265 e. The second-order valence-corrected chi connectivity index (χ2v) is 6.83. The third-order valence-corrected chi connectivity index (χ3v) is 4.32. The molecular weight excluding hydrogens is 354 g/mol. The van der Waals surface area contributed by atoms with E-state index in [1.165, 1.54) is 5.56 Å². The van der Waals surface area contributed by atoms with Gasteiger partial charge in [-0.25, -0.2) is 0 Å². The van der Waals surface area contributed by atoms with Gasteiger partial charge in [0, 0.05) is 10.2 Å². The summed E-state index contributed by atoms with van der Waals surface area (Å²) in [7, 11) is 0. The van der Waals surface area contributed by atoms with Gasteiger partial charge in [0.2, 0.25) is 0 Å². The molecule has 0 radical (unpaired) electrons. The van der Waals surface area contributed by atoms with Crippen LogP contribution in [0.15, 0.2) is 34.8 Å². The van der Waals surface area contributed by atoms with E-state index in [0.29, 0.717) is 0 Å². The van der Waals surface area contributed by atoms with Crippen LogP contribution in [0.1, 0.15) is 29.2 Å². The number of nitrogens with one attached hydrogen (secondary N) is 1. The Hall–Kier alpha value is -1.81. The van der Waals surface area contributed by atoms with E-state index in [9.17, 15) is 4.79 Å². The van der Waals surface area contributed by atoms with E-state index in [2.05, 4.69) is 21.2 Å². The zero-order chi connectivity index (χ0) is 17.1. The van der Waals surface area contributed by atoms with Crippen molar-refractivity contribution >= 4 is 27.5 Å². The minimum Gasteiger partial charge on any atom is -0.480 e. The van der Waals surface area contributed by atoms with Crippen LogP contribution in [-0.2, 0) is 4.79 Å². The van der Waals surface area contributed by atoms with Crippen molar-refractivity contribution < 1.29 is 9.53 Å². The maximum absolute atomic E-state index is 12.4. The van der Waals surface area contributed by atoms with Crippen LogP contribution >= 0.6 is 15.9 Å². The van der Waals surface area contributed by atoms with Gasteiger partial charge in [0.15, 0.2) is 6.10 Å². The maximum Gasteiger partial charge on any atom is 0.265 e. The largest absolute Gasteiger partial charge is 0.480 e. The fraction of sp³-hybridized carbons (Fsp3) is 0.316. The molecule has 2 aromatic carbocycles. The second-order valence-electron chi connectivity index (χ2n) is 5.92. The van der Waals surface area contributed by atoms with Crippen LogP contribution in [-0.4, -0.2) is 12.0 Å². The van der Waals surface area contributed by atoms with Crippen molar-refractivity contribution in [3.8, 4) is 5.75 Å². The predicted molar refractivity (Wildman–Crippen MR) is 98.3 cm³/mol. The van der Waals surface area contributed by atoms with Crippen LogP contribution < -0.4 is 10.1 Å². The molecule has 2 aromatic rings. The summed E-state index contributed by atoms with van der Waals surface area (Å²) in [6.07, 6.45) is -0.574. The molecule has 0 aliphatic carbocycles. The summed E-state index contributed by atoms with van der Waals surface area (Å²) < 4.78 is 6.89. The number of aryl methyl sites for hydroxylation is 4. The zero-order valence-corrected chi connectivity index (χ0v) is 15.7. The monoisotopic (exact) mass is 375 g/mol. The van der Waals surface area contributed by atoms with Crippen LogP contribution in [0.3, 0.4) is 0 Å². The standard InChI is InChI=1S/C19H22BrNO2/c1-11-6-7-17(10-12(11)2)21-19(22)15(5)23-18-13(3)8-16(20)9-14(18)4/h6-10,15H,1-5H3,(H,21,22). The van der Waals surface area contributed by atoms with Gasteiger partial charge in [-0.05, 0) is 81.1 Å². The van der Waals surface area contributed by atoms with Gasteiger partial charge in [0.05, 0.1) is 0 Å². The van der Waals surface area contributed by atoms with Crippen molar-refractivity contribution in [3.63, 3.8) is 0 Å². The average molecular weight is 376 g/mol. The molecule has 1 unspecified atom stereocenters. The highest BCUT2D eigenvalue weighted by molar-refractivity contribution is 9.10. The third kappa shape index (κ3) is 4.35. The normalized spacial score (nSPS) is 11.9. The Bertz CT molecular complexity index is 717. The van der Waals surface area contributed by atoms with E-state index in [-0.39, 0.29) is 5.91 Å². The maximum atomic E-state index is 12.4. The Morgan fingerprint density at radius 3 is 2.17 bits per heavy atom. The van der Waals surface area contributed by atoms with Gasteiger partial charge in [0.1, 0.15) is 5.75 Å². The first-order chi connectivity index (χ1) is 10.8. The second kappa shape index (κ2) is 7.18. The summed E-state index contributed by atoms with van der Waals surface area (Å²) in [6, 6.07) is 9.84. The Balaban J connectivity index is 2.10. The van der Waals surface area contributed by atoms with Crippen LogP contribution in [0.5, 0.6) is 5.75 Å². The Labute approximate surface area is 146 Å². The van der Waals surface area contributed by atoms with Crippen LogP contribution in [0, 0.1) is 27.7 Å². The predicted octanol–water partition coefficient (Wildman–Crippen LogP) is 5.09. The number of anilines is 1. The van der Waals surface area contributed by atoms with E-state index in [1.807, 2.05) is 58.0 Å². The Morgan fingerprint density at radius 2 is 1.61 bits per heavy atom. The van der Waals surface area contributed by atoms with Crippen molar-refractivity contribution in [2.75, 3.05) is 5.32 Å². The zero-order valence-electron chi connectivity index (χ0n) is 14.2. The summed E-state index contributed by atoms with van der Waals surface area (Å²) in [5.41, 5.74) is 5.15. The van der Waals surface area contributed by atoms with E-state index >= 15 is 0 Å². The van der Waals surface area contributed by atoms with Gasteiger partial charge in [0.25, 0.3) is 5.91 Å². The van der Waals surface area contributed by atoms with Gasteiger partial charge >= 0.3 is 0 Å². The van der Waals surface area contributed by atoms with Gasteiger partial charge in [-0.2, -0.15) is 0 Å². The van der Waals surface area contributed by atoms with Crippen molar-refractivity contribution in [2.45, 2.75) is 40.7 Å². The van der Waals surface area contributed by atoms with Crippen molar-refractivity contribution in [2.24, 2.45) is 0 Å². The minimum atomic E-state index is -0.574. The molecule has 0 saturated heterocycles. The summed E-state index contributed by atoms with van der Waals surface area (Å²) in [4.78, 5) is 12.4. The first-order valence-electron chi connectivity index (χ1n) is 7.59. The molecule has 23 heavy (non-hydrogen) atoms. The molecule has 2 rings (SSSR count). The van der Waals surface area contributed by atoms with Crippen molar-refractivity contribution in [1.82, 2.24) is 0 Å². The number of ether oxygens (including phenoxy) is 1. The number of benzene rings is 2. The molecule has 1 amide bonds. The molecule has 4 heteroatoms. The molecule has 0 spiro atoms. The number of carbonyl (C=O) groups is 1. The lowest BCUT2D eigenvalue weighted by molar-refractivity contribution is -0.122. The molecule has 1 N–H and O–H groups in total. The Kier molecular flexibility index (Phi) is 5.47. The molecule has 0 saturated carbocycles. The molecule has 0 aliphatic heterocycles. The molecule has 122 valence electrons. The van der Waals surface area contributed by atoms with Crippen LogP contribution in [0.4, 0.5) is 5.69 Å². The van der Waals surface area contributed by atoms with Crippen LogP contribution in [0.2, 0.25) is 0 Å². The van der Waals surface area contributed by atoms with Crippen molar-refractivity contribution in [1.29, 1.82) is 0 Å². The molecular formula is C19H22BrNO2. The van der Waals surface area contributed by atoms with Gasteiger partial charge in [-0.15, -0.1) is 0 Å². The summed E-state index contributed by atoms with van der Waals surface area (Å²) >= 11 is 3.46. The highest BCUT2D eigenvalue weighted by atomic mass is 79.9. The fourth-order valence-electron chi connectivity index (χ4n) is 2.38. The first-order valence-corrected chi connectivity index (χ1v) is 8.38. The molecule has 0 aliphatic rings. The van der Waals surface area contributed by atoms with E-state index < -0.39 is 6.10 Å².